The van der Waals surface area contributed by atoms with Gasteiger partial charge in [-0.05, 0) is 19.4 Å². The van der Waals surface area contributed by atoms with Gasteiger partial charge in [-0.1, -0.05) is 30.3 Å². The summed E-state index contributed by atoms with van der Waals surface area (Å²) in [6, 6.07) is 8.91. The van der Waals surface area contributed by atoms with Gasteiger partial charge in [0.25, 0.3) is 0 Å². The van der Waals surface area contributed by atoms with E-state index < -0.39 is 6.04 Å². The van der Waals surface area contributed by atoms with Crippen LogP contribution < -0.4 is 5.32 Å². The number of esters is 1. The summed E-state index contributed by atoms with van der Waals surface area (Å²) < 4.78 is 15.7. The Morgan fingerprint density at radius 1 is 1.15 bits per heavy atom. The maximum absolute atomic E-state index is 11.9. The molecule has 1 N–H and O–H groups in total. The first-order valence-corrected chi connectivity index (χ1v) is 6.82. The molecule has 0 aliphatic heterocycles. The minimum Gasteiger partial charge on any atom is -0.468 e. The molecule has 5 heteroatoms. The van der Waals surface area contributed by atoms with Gasteiger partial charge in [-0.25, -0.2) is 4.79 Å². The molecule has 0 aliphatic carbocycles. The molecule has 1 unspecified atom stereocenters. The number of benzene rings is 1. The molecular formula is C15H23NO4. The molecule has 0 spiro atoms. The number of ether oxygens (including phenoxy) is 3. The molecule has 0 saturated heterocycles. The number of carbonyl (C=O) groups is 1. The summed E-state index contributed by atoms with van der Waals surface area (Å²) in [7, 11) is 1.38. The summed E-state index contributed by atoms with van der Waals surface area (Å²) in [5.74, 6) is -0.331. The van der Waals surface area contributed by atoms with Crippen LogP contribution in [0.3, 0.4) is 0 Å². The van der Waals surface area contributed by atoms with Crippen molar-refractivity contribution in [2.75, 3.05) is 26.9 Å². The summed E-state index contributed by atoms with van der Waals surface area (Å²) in [5, 5.41) is 3.13. The second kappa shape index (κ2) is 9.47. The molecule has 5 nitrogen and oxygen atoms in total. The van der Waals surface area contributed by atoms with E-state index in [-0.39, 0.29) is 12.3 Å². The molecule has 0 amide bonds. The third-order valence-corrected chi connectivity index (χ3v) is 2.76. The Morgan fingerprint density at radius 3 is 2.25 bits per heavy atom. The molecule has 1 rings (SSSR count). The summed E-state index contributed by atoms with van der Waals surface area (Å²) in [5.41, 5.74) is 0.853. The third kappa shape index (κ3) is 5.28. The van der Waals surface area contributed by atoms with E-state index in [9.17, 15) is 4.79 Å². The molecule has 1 aromatic rings. The Balaban J connectivity index is 2.68. The Labute approximate surface area is 120 Å². The van der Waals surface area contributed by atoms with Gasteiger partial charge in [-0.15, -0.1) is 0 Å². The first kappa shape index (κ1) is 16.6. The number of methoxy groups -OCH3 is 1. The van der Waals surface area contributed by atoms with Crippen molar-refractivity contribution in [1.82, 2.24) is 5.32 Å². The second-order valence-electron chi connectivity index (χ2n) is 4.12. The van der Waals surface area contributed by atoms with Gasteiger partial charge in [0.05, 0.1) is 7.11 Å². The van der Waals surface area contributed by atoms with Crippen molar-refractivity contribution < 1.29 is 19.0 Å². The molecule has 0 radical (unpaired) electrons. The quantitative estimate of drug-likeness (QED) is 0.553. The minimum atomic E-state index is -0.524. The highest BCUT2D eigenvalue weighted by Gasteiger charge is 2.22. The van der Waals surface area contributed by atoms with Crippen LogP contribution in [0.15, 0.2) is 30.3 Å². The van der Waals surface area contributed by atoms with Gasteiger partial charge >= 0.3 is 5.97 Å². The predicted octanol–water partition coefficient (Wildman–Crippen LogP) is 1.89. The highest BCUT2D eigenvalue weighted by atomic mass is 16.7. The number of rotatable bonds is 9. The van der Waals surface area contributed by atoms with Crippen LogP contribution in [0.2, 0.25) is 0 Å². The lowest BCUT2D eigenvalue weighted by atomic mass is 10.1. The number of carbonyl (C=O) groups excluding carboxylic acids is 1. The van der Waals surface area contributed by atoms with E-state index in [1.807, 2.05) is 44.2 Å². The van der Waals surface area contributed by atoms with Crippen LogP contribution in [-0.4, -0.2) is 39.1 Å². The van der Waals surface area contributed by atoms with E-state index in [4.69, 9.17) is 14.2 Å². The minimum absolute atomic E-state index is 0.331. The van der Waals surface area contributed by atoms with E-state index in [0.717, 1.165) is 5.56 Å². The zero-order chi connectivity index (χ0) is 14.8. The van der Waals surface area contributed by atoms with Crippen LogP contribution in [0, 0.1) is 0 Å². The molecule has 1 atom stereocenters. The normalized spacial score (nSPS) is 12.4. The molecule has 112 valence electrons. The lowest BCUT2D eigenvalue weighted by Crippen LogP contribution is -2.37. The van der Waals surface area contributed by atoms with E-state index in [1.165, 1.54) is 7.11 Å². The van der Waals surface area contributed by atoms with Crippen LogP contribution in [0.5, 0.6) is 0 Å². The smallest absolute Gasteiger partial charge is 0.327 e. The van der Waals surface area contributed by atoms with Gasteiger partial charge in [0, 0.05) is 19.8 Å². The van der Waals surface area contributed by atoms with E-state index >= 15 is 0 Å². The fourth-order valence-corrected chi connectivity index (χ4v) is 1.85. The highest BCUT2D eigenvalue weighted by molar-refractivity contribution is 5.77. The largest absolute Gasteiger partial charge is 0.468 e. The second-order valence-corrected chi connectivity index (χ2v) is 4.12. The van der Waals surface area contributed by atoms with Gasteiger partial charge in [-0.3, -0.25) is 5.32 Å². The van der Waals surface area contributed by atoms with Crippen molar-refractivity contribution in [2.24, 2.45) is 0 Å². The first-order chi connectivity index (χ1) is 9.72. The van der Waals surface area contributed by atoms with Crippen LogP contribution >= 0.6 is 0 Å². The molecule has 0 saturated carbocycles. The van der Waals surface area contributed by atoms with E-state index in [2.05, 4.69) is 5.32 Å². The Hall–Kier alpha value is -1.43. The Kier molecular flexibility index (Phi) is 7.87. The Bertz CT molecular complexity index is 377. The fraction of sp³-hybridized carbons (Fsp3) is 0.533. The van der Waals surface area contributed by atoms with Crippen LogP contribution in [0.4, 0.5) is 0 Å². The topological polar surface area (TPSA) is 56.8 Å². The number of nitrogens with one attached hydrogen (secondary N) is 1. The zero-order valence-corrected chi connectivity index (χ0v) is 12.3. The third-order valence-electron chi connectivity index (χ3n) is 2.76. The van der Waals surface area contributed by atoms with Crippen LogP contribution in [0.25, 0.3) is 0 Å². The first-order valence-electron chi connectivity index (χ1n) is 6.82. The summed E-state index contributed by atoms with van der Waals surface area (Å²) >= 11 is 0. The standard InChI is InChI=1S/C15H23NO4/c1-4-19-13(20-5-2)11-16-14(15(17)18-3)12-9-7-6-8-10-12/h6-10,13-14,16H,4-5,11H2,1-3H3. The predicted molar refractivity (Wildman–Crippen MR) is 76.2 cm³/mol. The van der Waals surface area contributed by atoms with Crippen molar-refractivity contribution in [3.63, 3.8) is 0 Å². The molecular weight excluding hydrogens is 258 g/mol. The zero-order valence-electron chi connectivity index (χ0n) is 12.3. The van der Waals surface area contributed by atoms with Gasteiger partial charge in [0.15, 0.2) is 6.29 Å². The molecule has 0 aliphatic rings. The monoisotopic (exact) mass is 281 g/mol. The molecule has 1 aromatic carbocycles. The fourth-order valence-electron chi connectivity index (χ4n) is 1.85. The van der Waals surface area contributed by atoms with Gasteiger partial charge in [0.1, 0.15) is 6.04 Å². The number of hydrogen-bond donors (Lipinski definition) is 1. The molecule has 20 heavy (non-hydrogen) atoms. The number of hydrogen-bond acceptors (Lipinski definition) is 5. The van der Waals surface area contributed by atoms with Crippen molar-refractivity contribution in [1.29, 1.82) is 0 Å². The van der Waals surface area contributed by atoms with E-state index in [1.54, 1.807) is 0 Å². The Morgan fingerprint density at radius 2 is 1.75 bits per heavy atom. The van der Waals surface area contributed by atoms with Crippen molar-refractivity contribution in [3.05, 3.63) is 35.9 Å². The molecule has 0 aromatic heterocycles. The van der Waals surface area contributed by atoms with Gasteiger partial charge in [-0.2, -0.15) is 0 Å². The summed E-state index contributed by atoms with van der Waals surface area (Å²) in [4.78, 5) is 11.9. The van der Waals surface area contributed by atoms with Crippen LogP contribution in [0.1, 0.15) is 25.5 Å². The van der Waals surface area contributed by atoms with Gasteiger partial charge in [0.2, 0.25) is 0 Å². The van der Waals surface area contributed by atoms with Crippen molar-refractivity contribution >= 4 is 5.97 Å². The van der Waals surface area contributed by atoms with Crippen molar-refractivity contribution in [2.45, 2.75) is 26.2 Å². The summed E-state index contributed by atoms with van der Waals surface area (Å²) in [6.07, 6.45) is -0.374. The maximum atomic E-state index is 11.9. The highest BCUT2D eigenvalue weighted by Crippen LogP contribution is 2.14. The van der Waals surface area contributed by atoms with Crippen LogP contribution in [-0.2, 0) is 19.0 Å². The molecule has 0 heterocycles. The van der Waals surface area contributed by atoms with Crippen molar-refractivity contribution in [3.8, 4) is 0 Å². The van der Waals surface area contributed by atoms with E-state index in [0.29, 0.717) is 19.8 Å². The molecule has 0 bridgehead atoms. The lowest BCUT2D eigenvalue weighted by Gasteiger charge is -2.21. The molecule has 0 fully saturated rings. The average molecular weight is 281 g/mol. The van der Waals surface area contributed by atoms with Gasteiger partial charge < -0.3 is 14.2 Å². The average Bonchev–Trinajstić information content (AvgIpc) is 2.48. The lowest BCUT2D eigenvalue weighted by molar-refractivity contribution is -0.147. The summed E-state index contributed by atoms with van der Waals surface area (Å²) in [6.45, 7) is 5.33. The SMILES string of the molecule is CCOC(CNC(C(=O)OC)c1ccccc1)OCC. The maximum Gasteiger partial charge on any atom is 0.327 e.